The SMILES string of the molecule is Sc1c(-c2ccccc2)cccc1-c1ccc(N(c2cccc(-c3ccc4c(c3)c(-c3ccccc3)c(-c3ccccc3)c3ccccc34)c2)c2cccc(-c3cccc4ccccc34)c2)cc1. The molecule has 2 heteroatoms. The number of thiol groups is 1. The Kier molecular flexibility index (Phi) is 10.7. The third-order valence-corrected chi connectivity index (χ3v) is 13.8. The summed E-state index contributed by atoms with van der Waals surface area (Å²) in [5, 5.41) is 7.43. The van der Waals surface area contributed by atoms with Gasteiger partial charge in [-0.2, -0.15) is 0 Å². The number of fused-ring (bicyclic) bond motifs is 4. The first-order valence-electron chi connectivity index (χ1n) is 23.2. The van der Waals surface area contributed by atoms with Gasteiger partial charge in [-0.1, -0.05) is 224 Å². The highest BCUT2D eigenvalue weighted by atomic mass is 32.1. The Bertz CT molecular complexity index is 3780. The molecule has 0 aliphatic heterocycles. The molecule has 12 rings (SSSR count). The average molecular weight is 884 g/mol. The maximum Gasteiger partial charge on any atom is 0.0467 e. The van der Waals surface area contributed by atoms with Crippen LogP contribution in [0.15, 0.2) is 272 Å². The zero-order valence-electron chi connectivity index (χ0n) is 37.3. The van der Waals surface area contributed by atoms with Crippen LogP contribution in [0.25, 0.3) is 99.1 Å². The molecule has 320 valence electrons. The van der Waals surface area contributed by atoms with Gasteiger partial charge < -0.3 is 4.90 Å². The van der Waals surface area contributed by atoms with Gasteiger partial charge in [0.25, 0.3) is 0 Å². The van der Waals surface area contributed by atoms with Crippen LogP contribution in [0, 0.1) is 0 Å². The molecule has 0 atom stereocenters. The Balaban J connectivity index is 1.02. The van der Waals surface area contributed by atoms with Crippen molar-refractivity contribution in [1.82, 2.24) is 0 Å². The van der Waals surface area contributed by atoms with E-state index in [-0.39, 0.29) is 0 Å². The van der Waals surface area contributed by atoms with Crippen molar-refractivity contribution >= 4 is 62.0 Å². The van der Waals surface area contributed by atoms with Gasteiger partial charge >= 0.3 is 0 Å². The minimum Gasteiger partial charge on any atom is -0.310 e. The molecule has 0 unspecified atom stereocenters. The van der Waals surface area contributed by atoms with E-state index in [4.69, 9.17) is 12.6 Å². The Hall–Kier alpha value is -8.43. The van der Waals surface area contributed by atoms with Gasteiger partial charge in [0.15, 0.2) is 0 Å². The lowest BCUT2D eigenvalue weighted by Gasteiger charge is -2.27. The summed E-state index contributed by atoms with van der Waals surface area (Å²) in [6.45, 7) is 0. The van der Waals surface area contributed by atoms with Crippen molar-refractivity contribution in [3.8, 4) is 66.8 Å². The molecule has 0 saturated heterocycles. The van der Waals surface area contributed by atoms with E-state index in [0.29, 0.717) is 0 Å². The molecule has 0 radical (unpaired) electrons. The van der Waals surface area contributed by atoms with Crippen LogP contribution >= 0.6 is 12.6 Å². The first-order chi connectivity index (χ1) is 33.7. The molecule has 0 spiro atoms. The molecular weight excluding hydrogens is 839 g/mol. The summed E-state index contributed by atoms with van der Waals surface area (Å²) < 4.78 is 0. The molecule has 0 bridgehead atoms. The quantitative estimate of drug-likeness (QED) is 0.112. The van der Waals surface area contributed by atoms with E-state index in [9.17, 15) is 0 Å². The normalized spacial score (nSPS) is 11.3. The van der Waals surface area contributed by atoms with Crippen molar-refractivity contribution in [2.45, 2.75) is 4.90 Å². The Morgan fingerprint density at radius 3 is 1.34 bits per heavy atom. The summed E-state index contributed by atoms with van der Waals surface area (Å²) in [4.78, 5) is 3.36. The number of anilines is 3. The third-order valence-electron chi connectivity index (χ3n) is 13.4. The molecule has 0 amide bonds. The molecule has 0 aromatic heterocycles. The fourth-order valence-electron chi connectivity index (χ4n) is 10.2. The number of benzene rings is 12. The molecule has 68 heavy (non-hydrogen) atoms. The summed E-state index contributed by atoms with van der Waals surface area (Å²) in [6, 6.07) is 96.7. The zero-order chi connectivity index (χ0) is 45.4. The minimum absolute atomic E-state index is 0.966. The molecular formula is C66H45NS. The maximum atomic E-state index is 5.11. The van der Waals surface area contributed by atoms with Crippen LogP contribution in [0.1, 0.15) is 0 Å². The maximum absolute atomic E-state index is 5.11. The van der Waals surface area contributed by atoms with Crippen LogP contribution in [-0.2, 0) is 0 Å². The summed E-state index contributed by atoms with van der Waals surface area (Å²) >= 11 is 5.11. The van der Waals surface area contributed by atoms with E-state index in [1.165, 1.54) is 65.7 Å². The lowest BCUT2D eigenvalue weighted by molar-refractivity contribution is 1.28. The van der Waals surface area contributed by atoms with Crippen LogP contribution in [-0.4, -0.2) is 0 Å². The topological polar surface area (TPSA) is 3.24 Å². The van der Waals surface area contributed by atoms with Crippen molar-refractivity contribution in [2.24, 2.45) is 0 Å². The average Bonchev–Trinajstić information content (AvgIpc) is 3.41. The van der Waals surface area contributed by atoms with E-state index >= 15 is 0 Å². The molecule has 1 nitrogen and oxygen atoms in total. The van der Waals surface area contributed by atoms with Gasteiger partial charge in [-0.3, -0.25) is 0 Å². The lowest BCUT2D eigenvalue weighted by atomic mass is 9.84. The molecule has 12 aromatic rings. The van der Waals surface area contributed by atoms with Crippen molar-refractivity contribution in [1.29, 1.82) is 0 Å². The molecule has 0 fully saturated rings. The minimum atomic E-state index is 0.966. The molecule has 12 aromatic carbocycles. The van der Waals surface area contributed by atoms with Crippen LogP contribution in [0.5, 0.6) is 0 Å². The van der Waals surface area contributed by atoms with Crippen molar-refractivity contribution < 1.29 is 0 Å². The summed E-state index contributed by atoms with van der Waals surface area (Å²) in [7, 11) is 0. The van der Waals surface area contributed by atoms with Gasteiger partial charge in [0.1, 0.15) is 0 Å². The second-order valence-electron chi connectivity index (χ2n) is 17.4. The zero-order valence-corrected chi connectivity index (χ0v) is 38.2. The molecule has 0 heterocycles. The van der Waals surface area contributed by atoms with E-state index < -0.39 is 0 Å². The summed E-state index contributed by atoms with van der Waals surface area (Å²) in [5.41, 5.74) is 17.3. The molecule has 0 aliphatic rings. The van der Waals surface area contributed by atoms with Gasteiger partial charge in [0.05, 0.1) is 0 Å². The van der Waals surface area contributed by atoms with Gasteiger partial charge in [-0.15, -0.1) is 12.6 Å². The predicted octanol–water partition coefficient (Wildman–Crippen LogP) is 18.9. The van der Waals surface area contributed by atoms with Crippen LogP contribution in [0.4, 0.5) is 17.1 Å². The smallest absolute Gasteiger partial charge is 0.0467 e. The highest BCUT2D eigenvalue weighted by Crippen LogP contribution is 2.47. The highest BCUT2D eigenvalue weighted by Gasteiger charge is 2.20. The standard InChI is InChI=1S/C66H45NS/c68-66-58(46-18-4-1-5-19-46)34-17-35-59(66)47-36-39-53(40-37-47)67(55-29-15-27-52(43-55)57-33-16-25-45-20-10-11-30-56(45)57)54-28-14-26-50(42-54)51-38-41-61-60-31-12-13-32-62(60)64(48-21-6-2-7-22-48)65(63(61)44-51)49-23-8-3-9-24-49/h1-44,68H. The monoisotopic (exact) mass is 883 g/mol. The number of hydrogen-bond donors (Lipinski definition) is 1. The van der Waals surface area contributed by atoms with E-state index in [0.717, 1.165) is 55.3 Å². The Labute approximate surface area is 403 Å². The number of rotatable bonds is 9. The molecule has 0 N–H and O–H groups in total. The number of hydrogen-bond acceptors (Lipinski definition) is 2. The van der Waals surface area contributed by atoms with E-state index in [2.05, 4.69) is 272 Å². The first kappa shape index (κ1) is 41.0. The summed E-state index contributed by atoms with van der Waals surface area (Å²) in [6.07, 6.45) is 0. The van der Waals surface area contributed by atoms with Crippen LogP contribution < -0.4 is 4.90 Å². The summed E-state index contributed by atoms with van der Waals surface area (Å²) in [5.74, 6) is 0. The van der Waals surface area contributed by atoms with Gasteiger partial charge in [0.2, 0.25) is 0 Å². The van der Waals surface area contributed by atoms with E-state index in [1.807, 2.05) is 0 Å². The van der Waals surface area contributed by atoms with Gasteiger partial charge in [-0.05, 0) is 142 Å². The van der Waals surface area contributed by atoms with Crippen molar-refractivity contribution in [2.75, 3.05) is 4.90 Å². The second kappa shape index (κ2) is 17.8. The lowest BCUT2D eigenvalue weighted by Crippen LogP contribution is -2.10. The predicted molar refractivity (Wildman–Crippen MR) is 294 cm³/mol. The Morgan fingerprint density at radius 1 is 0.235 bits per heavy atom. The van der Waals surface area contributed by atoms with Crippen molar-refractivity contribution in [3.05, 3.63) is 267 Å². The largest absolute Gasteiger partial charge is 0.310 e. The van der Waals surface area contributed by atoms with Crippen LogP contribution in [0.2, 0.25) is 0 Å². The fourth-order valence-corrected chi connectivity index (χ4v) is 10.6. The highest BCUT2D eigenvalue weighted by molar-refractivity contribution is 7.80. The fraction of sp³-hybridized carbons (Fsp3) is 0. The van der Waals surface area contributed by atoms with Gasteiger partial charge in [0, 0.05) is 22.0 Å². The Morgan fingerprint density at radius 2 is 0.662 bits per heavy atom. The van der Waals surface area contributed by atoms with Gasteiger partial charge in [-0.25, -0.2) is 0 Å². The van der Waals surface area contributed by atoms with Crippen LogP contribution in [0.3, 0.4) is 0 Å². The second-order valence-corrected chi connectivity index (χ2v) is 17.8. The van der Waals surface area contributed by atoms with Crippen molar-refractivity contribution in [3.63, 3.8) is 0 Å². The van der Waals surface area contributed by atoms with E-state index in [1.54, 1.807) is 0 Å². The number of nitrogens with zero attached hydrogens (tertiary/aromatic N) is 1. The molecule has 0 saturated carbocycles. The first-order valence-corrected chi connectivity index (χ1v) is 23.7. The molecule has 0 aliphatic carbocycles. The third kappa shape index (κ3) is 7.52.